The molecule has 0 amide bonds. The molecule has 1 aromatic heterocycles. The molecule has 0 saturated heterocycles. The Morgan fingerprint density at radius 3 is 2.38 bits per heavy atom. The fourth-order valence-corrected chi connectivity index (χ4v) is 3.07. The first-order valence-electron chi connectivity index (χ1n) is 8.81. The molecule has 0 radical (unpaired) electrons. The van der Waals surface area contributed by atoms with E-state index in [9.17, 15) is 30.3 Å². The van der Waals surface area contributed by atoms with Crippen LogP contribution in [0.15, 0.2) is 39.7 Å². The van der Waals surface area contributed by atoms with Gasteiger partial charge in [0.05, 0.1) is 24.4 Å². The van der Waals surface area contributed by atoms with Crippen molar-refractivity contribution in [1.29, 1.82) is 0 Å². The van der Waals surface area contributed by atoms with Crippen LogP contribution in [0.2, 0.25) is 0 Å². The monoisotopic (exact) mass is 402 g/mol. The summed E-state index contributed by atoms with van der Waals surface area (Å²) < 4.78 is 10.9. The number of phenolic OH excluding ortho intramolecular Hbond substituents is 3. The van der Waals surface area contributed by atoms with Gasteiger partial charge in [-0.15, -0.1) is 0 Å². The van der Waals surface area contributed by atoms with Crippen molar-refractivity contribution in [2.75, 3.05) is 7.11 Å². The van der Waals surface area contributed by atoms with Crippen LogP contribution in [0.5, 0.6) is 23.0 Å². The van der Waals surface area contributed by atoms with Crippen molar-refractivity contribution in [3.8, 4) is 34.1 Å². The molecule has 0 saturated carbocycles. The van der Waals surface area contributed by atoms with E-state index in [1.807, 2.05) is 0 Å². The third kappa shape index (κ3) is 3.72. The van der Waals surface area contributed by atoms with Gasteiger partial charge in [0, 0.05) is 29.7 Å². The number of aromatic hydroxyl groups is 3. The normalized spacial score (nSPS) is 12.9. The maximum absolute atomic E-state index is 13.1. The van der Waals surface area contributed by atoms with Crippen LogP contribution in [0, 0.1) is 0 Å². The summed E-state index contributed by atoms with van der Waals surface area (Å²) in [4.78, 5) is 13.1. The van der Waals surface area contributed by atoms with E-state index in [1.165, 1.54) is 39.2 Å². The number of phenols is 3. The van der Waals surface area contributed by atoms with Gasteiger partial charge >= 0.3 is 0 Å². The van der Waals surface area contributed by atoms with E-state index in [1.54, 1.807) is 0 Å². The van der Waals surface area contributed by atoms with E-state index >= 15 is 0 Å². The quantitative estimate of drug-likeness (QED) is 0.438. The molecule has 8 heteroatoms. The number of aliphatic hydroxyl groups excluding tert-OH is 1. The Bertz CT molecular complexity index is 1120. The Morgan fingerprint density at radius 2 is 1.79 bits per heavy atom. The lowest BCUT2D eigenvalue weighted by molar-refractivity contribution is -0.0470. The molecule has 0 aliphatic rings. The zero-order valence-corrected chi connectivity index (χ0v) is 16.1. The van der Waals surface area contributed by atoms with Crippen LogP contribution in [0.1, 0.15) is 19.4 Å². The summed E-state index contributed by atoms with van der Waals surface area (Å²) in [5.41, 5.74) is -1.65. The molecule has 1 unspecified atom stereocenters. The highest BCUT2D eigenvalue weighted by Crippen LogP contribution is 2.38. The third-order valence-corrected chi connectivity index (χ3v) is 4.79. The number of hydrogen-bond acceptors (Lipinski definition) is 8. The van der Waals surface area contributed by atoms with Gasteiger partial charge in [-0.05, 0) is 26.0 Å². The summed E-state index contributed by atoms with van der Waals surface area (Å²) in [6, 6.07) is 4.96. The van der Waals surface area contributed by atoms with E-state index in [4.69, 9.17) is 9.15 Å². The highest BCUT2D eigenvalue weighted by atomic mass is 16.5. The summed E-state index contributed by atoms with van der Waals surface area (Å²) in [6.07, 6.45) is -0.179. The first-order valence-corrected chi connectivity index (χ1v) is 8.81. The Morgan fingerprint density at radius 1 is 1.10 bits per heavy atom. The van der Waals surface area contributed by atoms with Crippen molar-refractivity contribution in [3.05, 3.63) is 46.3 Å². The standard InChI is InChI=1S/C21H22O8/c1-21(2,27)17(25)7-12-16(28-3)8-15(24)18-19(26)13(9-29-20(12)18)11-5-4-10(22)6-14(11)23/h4-6,8-9,17,22-25,27H,7H2,1-3H3. The van der Waals surface area contributed by atoms with Crippen molar-refractivity contribution >= 4 is 11.0 Å². The molecule has 154 valence electrons. The largest absolute Gasteiger partial charge is 0.508 e. The van der Waals surface area contributed by atoms with Crippen LogP contribution in [-0.4, -0.2) is 44.3 Å². The second-order valence-corrected chi connectivity index (χ2v) is 7.33. The summed E-state index contributed by atoms with van der Waals surface area (Å²) in [5.74, 6) is -0.719. The molecule has 3 aromatic rings. The van der Waals surface area contributed by atoms with E-state index in [-0.39, 0.29) is 45.8 Å². The second-order valence-electron chi connectivity index (χ2n) is 7.33. The van der Waals surface area contributed by atoms with E-state index in [0.717, 1.165) is 12.3 Å². The fourth-order valence-electron chi connectivity index (χ4n) is 3.07. The van der Waals surface area contributed by atoms with Gasteiger partial charge in [-0.3, -0.25) is 4.79 Å². The van der Waals surface area contributed by atoms with Crippen molar-refractivity contribution in [2.45, 2.75) is 32.0 Å². The molecule has 8 nitrogen and oxygen atoms in total. The van der Waals surface area contributed by atoms with Crippen LogP contribution in [0.3, 0.4) is 0 Å². The van der Waals surface area contributed by atoms with Crippen LogP contribution in [0.25, 0.3) is 22.1 Å². The average Bonchev–Trinajstić information content (AvgIpc) is 2.63. The van der Waals surface area contributed by atoms with Crippen LogP contribution in [0.4, 0.5) is 0 Å². The molecule has 5 N–H and O–H groups in total. The van der Waals surface area contributed by atoms with Crippen molar-refractivity contribution in [2.24, 2.45) is 0 Å². The maximum Gasteiger partial charge on any atom is 0.204 e. The minimum absolute atomic E-state index is 0.00262. The molecule has 29 heavy (non-hydrogen) atoms. The Balaban J connectivity index is 2.28. The fraction of sp³-hybridized carbons (Fsp3) is 0.286. The van der Waals surface area contributed by atoms with Gasteiger partial charge in [0.1, 0.15) is 40.2 Å². The molecular weight excluding hydrogens is 380 g/mol. The summed E-state index contributed by atoms with van der Waals surface area (Å²) in [5, 5.41) is 50.1. The van der Waals surface area contributed by atoms with Crippen LogP contribution < -0.4 is 10.2 Å². The third-order valence-electron chi connectivity index (χ3n) is 4.79. The molecule has 0 aliphatic carbocycles. The minimum Gasteiger partial charge on any atom is -0.508 e. The molecular formula is C21H22O8. The topological polar surface area (TPSA) is 141 Å². The van der Waals surface area contributed by atoms with Crippen molar-refractivity contribution in [3.63, 3.8) is 0 Å². The molecule has 0 spiro atoms. The molecule has 0 aliphatic heterocycles. The lowest BCUT2D eigenvalue weighted by Crippen LogP contribution is -2.37. The Kier molecular flexibility index (Phi) is 5.16. The van der Waals surface area contributed by atoms with E-state index in [2.05, 4.69) is 0 Å². The second kappa shape index (κ2) is 7.31. The lowest BCUT2D eigenvalue weighted by Gasteiger charge is -2.25. The Labute approximate surface area is 165 Å². The highest BCUT2D eigenvalue weighted by Gasteiger charge is 2.29. The van der Waals surface area contributed by atoms with Gasteiger partial charge in [0.2, 0.25) is 5.43 Å². The Hall–Kier alpha value is -3.23. The van der Waals surface area contributed by atoms with Gasteiger partial charge in [-0.2, -0.15) is 0 Å². The predicted octanol–water partition coefficient (Wildman–Crippen LogP) is 2.26. The number of hydrogen-bond donors (Lipinski definition) is 5. The minimum atomic E-state index is -1.42. The van der Waals surface area contributed by atoms with Gasteiger partial charge in [0.15, 0.2) is 0 Å². The van der Waals surface area contributed by atoms with Gasteiger partial charge < -0.3 is 34.7 Å². The van der Waals surface area contributed by atoms with E-state index < -0.39 is 22.9 Å². The molecule has 1 atom stereocenters. The van der Waals surface area contributed by atoms with Gasteiger partial charge in [-0.25, -0.2) is 0 Å². The van der Waals surface area contributed by atoms with Gasteiger partial charge in [-0.1, -0.05) is 0 Å². The number of ether oxygens (including phenoxy) is 1. The average molecular weight is 402 g/mol. The number of aliphatic hydroxyl groups is 2. The molecule has 0 bridgehead atoms. The van der Waals surface area contributed by atoms with Crippen molar-refractivity contribution < 1.29 is 34.7 Å². The molecule has 0 fully saturated rings. The lowest BCUT2D eigenvalue weighted by atomic mass is 9.93. The maximum atomic E-state index is 13.1. The summed E-state index contributed by atoms with van der Waals surface area (Å²) in [7, 11) is 1.36. The molecule has 2 aromatic carbocycles. The van der Waals surface area contributed by atoms with Crippen LogP contribution in [-0.2, 0) is 6.42 Å². The number of methoxy groups -OCH3 is 1. The summed E-state index contributed by atoms with van der Waals surface area (Å²) in [6.45, 7) is 2.88. The SMILES string of the molecule is COc1cc(O)c2c(=O)c(-c3ccc(O)cc3O)coc2c1CC(O)C(C)(C)O. The smallest absolute Gasteiger partial charge is 0.204 e. The number of rotatable bonds is 5. The van der Waals surface area contributed by atoms with E-state index in [0.29, 0.717) is 5.56 Å². The zero-order valence-electron chi connectivity index (χ0n) is 16.1. The molecule has 3 rings (SSSR count). The predicted molar refractivity (Wildman–Crippen MR) is 105 cm³/mol. The zero-order chi connectivity index (χ0) is 21.5. The van der Waals surface area contributed by atoms with Gasteiger partial charge in [0.25, 0.3) is 0 Å². The van der Waals surface area contributed by atoms with Crippen LogP contribution >= 0.6 is 0 Å². The molecule has 1 heterocycles. The first-order chi connectivity index (χ1) is 13.5. The first kappa shape index (κ1) is 20.5. The highest BCUT2D eigenvalue weighted by molar-refractivity contribution is 5.91. The number of benzene rings is 2. The summed E-state index contributed by atoms with van der Waals surface area (Å²) >= 11 is 0. The van der Waals surface area contributed by atoms with Crippen molar-refractivity contribution in [1.82, 2.24) is 0 Å². The number of fused-ring (bicyclic) bond motifs is 1.